The number of ether oxygens (including phenoxy) is 3. The van der Waals surface area contributed by atoms with E-state index in [-0.39, 0.29) is 18.0 Å². The average molecular weight is 254 g/mol. The van der Waals surface area contributed by atoms with Gasteiger partial charge in [0, 0.05) is 11.1 Å². The lowest BCUT2D eigenvalue weighted by molar-refractivity contribution is -0.139. The summed E-state index contributed by atoms with van der Waals surface area (Å²) in [4.78, 5) is 21.2. The van der Waals surface area contributed by atoms with Crippen LogP contribution in [-0.4, -0.2) is 38.4 Å². The molecule has 1 fully saturated rings. The first-order chi connectivity index (χ1) is 8.54. The maximum absolute atomic E-state index is 10.7. The second-order valence-electron chi connectivity index (χ2n) is 4.09. The van der Waals surface area contributed by atoms with Crippen LogP contribution < -0.4 is 0 Å². The van der Waals surface area contributed by atoms with Gasteiger partial charge in [-0.3, -0.25) is 0 Å². The van der Waals surface area contributed by atoms with E-state index in [4.69, 9.17) is 9.47 Å². The fraction of sp³-hybridized carbons (Fsp3) is 0.538. The summed E-state index contributed by atoms with van der Waals surface area (Å²) in [5, 5.41) is 0. The summed E-state index contributed by atoms with van der Waals surface area (Å²) in [6, 6.07) is 0. The Kier molecular flexibility index (Phi) is 5.58. The minimum Gasteiger partial charge on any atom is -0.466 e. The first-order valence-electron chi connectivity index (χ1n) is 5.76. The van der Waals surface area contributed by atoms with Crippen molar-refractivity contribution in [3.05, 3.63) is 23.8 Å². The molecule has 1 saturated heterocycles. The number of esters is 2. The highest BCUT2D eigenvalue weighted by Crippen LogP contribution is 2.18. The predicted octanol–water partition coefficient (Wildman–Crippen LogP) is 1.38. The van der Waals surface area contributed by atoms with E-state index >= 15 is 0 Å². The molecule has 0 saturated carbocycles. The van der Waals surface area contributed by atoms with Gasteiger partial charge in [-0.05, 0) is 19.8 Å². The van der Waals surface area contributed by atoms with Gasteiger partial charge < -0.3 is 14.2 Å². The molecule has 1 unspecified atom stereocenters. The summed E-state index contributed by atoms with van der Waals surface area (Å²) in [7, 11) is 1.40. The van der Waals surface area contributed by atoms with Crippen molar-refractivity contribution >= 4 is 11.9 Å². The SMILES string of the molecule is C=C(C)C(=O)OCC1CO1.COC(=O)C1=CCC1. The molecule has 2 rings (SSSR count). The van der Waals surface area contributed by atoms with E-state index in [0.29, 0.717) is 18.8 Å². The molecule has 0 aromatic rings. The van der Waals surface area contributed by atoms with Crippen molar-refractivity contribution in [2.75, 3.05) is 20.3 Å². The molecule has 1 aliphatic carbocycles. The van der Waals surface area contributed by atoms with Gasteiger partial charge in [0.1, 0.15) is 12.7 Å². The van der Waals surface area contributed by atoms with Crippen LogP contribution in [0.25, 0.3) is 0 Å². The summed E-state index contributed by atoms with van der Waals surface area (Å²) in [6.45, 7) is 6.14. The van der Waals surface area contributed by atoms with Gasteiger partial charge in [-0.15, -0.1) is 0 Å². The zero-order valence-corrected chi connectivity index (χ0v) is 10.7. The summed E-state index contributed by atoms with van der Waals surface area (Å²) in [6.07, 6.45) is 3.96. The third-order valence-electron chi connectivity index (χ3n) is 2.40. The normalized spacial score (nSPS) is 19.4. The van der Waals surface area contributed by atoms with Crippen molar-refractivity contribution in [2.24, 2.45) is 0 Å². The van der Waals surface area contributed by atoms with Crippen LogP contribution in [0.1, 0.15) is 19.8 Å². The largest absolute Gasteiger partial charge is 0.466 e. The van der Waals surface area contributed by atoms with E-state index in [1.165, 1.54) is 7.11 Å². The van der Waals surface area contributed by atoms with Gasteiger partial charge >= 0.3 is 11.9 Å². The molecule has 1 atom stereocenters. The Balaban J connectivity index is 0.000000184. The third-order valence-corrected chi connectivity index (χ3v) is 2.40. The average Bonchev–Trinajstić information content (AvgIpc) is 3.07. The van der Waals surface area contributed by atoms with E-state index in [1.807, 2.05) is 6.08 Å². The van der Waals surface area contributed by atoms with Crippen LogP contribution in [0.4, 0.5) is 0 Å². The summed E-state index contributed by atoms with van der Waals surface area (Å²) >= 11 is 0. The third kappa shape index (κ3) is 5.14. The van der Waals surface area contributed by atoms with E-state index in [2.05, 4.69) is 11.3 Å². The van der Waals surface area contributed by atoms with Crippen molar-refractivity contribution in [1.29, 1.82) is 0 Å². The number of hydrogen-bond donors (Lipinski definition) is 0. The first-order valence-corrected chi connectivity index (χ1v) is 5.76. The van der Waals surface area contributed by atoms with Gasteiger partial charge in [-0.25, -0.2) is 9.59 Å². The predicted molar refractivity (Wildman–Crippen MR) is 64.8 cm³/mol. The van der Waals surface area contributed by atoms with Gasteiger partial charge in [0.2, 0.25) is 0 Å². The molecular formula is C13H18O5. The Morgan fingerprint density at radius 3 is 2.44 bits per heavy atom. The molecule has 0 radical (unpaired) electrons. The van der Waals surface area contributed by atoms with Crippen molar-refractivity contribution in [3.63, 3.8) is 0 Å². The van der Waals surface area contributed by atoms with Crippen LogP contribution in [0.2, 0.25) is 0 Å². The number of hydrogen-bond acceptors (Lipinski definition) is 5. The molecule has 2 aliphatic rings. The standard InChI is InChI=1S/C7H10O3.C6H8O2/c1-5(2)7(8)10-4-6-3-9-6;1-8-6(7)5-3-2-4-5/h6H,1,3-4H2,2H3;3H,2,4H2,1H3. The lowest BCUT2D eigenvalue weighted by Gasteiger charge is -2.09. The van der Waals surface area contributed by atoms with E-state index in [9.17, 15) is 9.59 Å². The van der Waals surface area contributed by atoms with E-state index in [1.54, 1.807) is 6.92 Å². The lowest BCUT2D eigenvalue weighted by atomic mass is 10.00. The lowest BCUT2D eigenvalue weighted by Crippen LogP contribution is -2.09. The highest BCUT2D eigenvalue weighted by molar-refractivity contribution is 5.89. The molecule has 0 spiro atoms. The first kappa shape index (κ1) is 14.4. The van der Waals surface area contributed by atoms with Gasteiger partial charge in [0.15, 0.2) is 0 Å². The summed E-state index contributed by atoms with van der Waals surface area (Å²) < 4.78 is 14.0. The molecule has 0 N–H and O–H groups in total. The Morgan fingerprint density at radius 1 is 1.56 bits per heavy atom. The van der Waals surface area contributed by atoms with Crippen molar-refractivity contribution in [3.8, 4) is 0 Å². The smallest absolute Gasteiger partial charge is 0.333 e. The molecule has 1 heterocycles. The molecule has 5 nitrogen and oxygen atoms in total. The number of carbonyl (C=O) groups excluding carboxylic acids is 2. The molecule has 5 heteroatoms. The maximum atomic E-state index is 10.7. The zero-order chi connectivity index (χ0) is 13.5. The van der Waals surface area contributed by atoms with Crippen LogP contribution in [0, 0.1) is 0 Å². The second kappa shape index (κ2) is 6.96. The van der Waals surface area contributed by atoms with Crippen LogP contribution in [-0.2, 0) is 23.8 Å². The van der Waals surface area contributed by atoms with Gasteiger partial charge in [0.25, 0.3) is 0 Å². The number of rotatable bonds is 4. The maximum Gasteiger partial charge on any atom is 0.333 e. The minimum atomic E-state index is -0.337. The molecule has 18 heavy (non-hydrogen) atoms. The Morgan fingerprint density at radius 2 is 2.17 bits per heavy atom. The second-order valence-corrected chi connectivity index (χ2v) is 4.09. The van der Waals surface area contributed by atoms with Crippen LogP contribution >= 0.6 is 0 Å². The number of methoxy groups -OCH3 is 1. The fourth-order valence-corrected chi connectivity index (χ4v) is 1.06. The van der Waals surface area contributed by atoms with Gasteiger partial charge in [0.05, 0.1) is 13.7 Å². The van der Waals surface area contributed by atoms with Crippen LogP contribution in [0.15, 0.2) is 23.8 Å². The molecule has 1 aliphatic heterocycles. The minimum absolute atomic E-state index is 0.142. The quantitative estimate of drug-likeness (QED) is 0.431. The zero-order valence-electron chi connectivity index (χ0n) is 10.7. The molecule has 0 aromatic carbocycles. The van der Waals surface area contributed by atoms with Gasteiger partial charge in [-0.1, -0.05) is 12.7 Å². The van der Waals surface area contributed by atoms with Crippen LogP contribution in [0.3, 0.4) is 0 Å². The number of epoxide rings is 1. The highest BCUT2D eigenvalue weighted by atomic mass is 16.6. The number of carbonyl (C=O) groups is 2. The Labute approximate surface area is 106 Å². The monoisotopic (exact) mass is 254 g/mol. The molecule has 0 aromatic heterocycles. The van der Waals surface area contributed by atoms with Gasteiger partial charge in [-0.2, -0.15) is 0 Å². The molecule has 0 amide bonds. The van der Waals surface area contributed by atoms with Crippen molar-refractivity contribution in [1.82, 2.24) is 0 Å². The highest BCUT2D eigenvalue weighted by Gasteiger charge is 2.24. The topological polar surface area (TPSA) is 65.1 Å². The van der Waals surface area contributed by atoms with Crippen molar-refractivity contribution in [2.45, 2.75) is 25.9 Å². The fourth-order valence-electron chi connectivity index (χ4n) is 1.06. The van der Waals surface area contributed by atoms with Crippen molar-refractivity contribution < 1.29 is 23.8 Å². The Hall–Kier alpha value is -1.62. The summed E-state index contributed by atoms with van der Waals surface area (Å²) in [5.74, 6) is -0.508. The number of allylic oxidation sites excluding steroid dienone is 1. The molecule has 0 bridgehead atoms. The van der Waals surface area contributed by atoms with E-state index < -0.39 is 0 Å². The molecule has 100 valence electrons. The van der Waals surface area contributed by atoms with E-state index in [0.717, 1.165) is 18.4 Å². The summed E-state index contributed by atoms with van der Waals surface area (Å²) in [5.41, 5.74) is 1.26. The van der Waals surface area contributed by atoms with Crippen LogP contribution in [0.5, 0.6) is 0 Å². The molecular weight excluding hydrogens is 236 g/mol. The Bertz CT molecular complexity index is 366.